The van der Waals surface area contributed by atoms with Gasteiger partial charge in [-0.2, -0.15) is 0 Å². The topological polar surface area (TPSA) is 40.5 Å². The van der Waals surface area contributed by atoms with Crippen LogP contribution in [-0.2, 0) is 11.2 Å². The van der Waals surface area contributed by atoms with E-state index in [4.69, 9.17) is 5.11 Å². The molecule has 0 radical (unpaired) electrons. The van der Waals surface area contributed by atoms with Crippen molar-refractivity contribution in [3.05, 3.63) is 41.5 Å². The van der Waals surface area contributed by atoms with Gasteiger partial charge < -0.3 is 10.0 Å². The summed E-state index contributed by atoms with van der Waals surface area (Å²) in [6, 6.07) is 8.31. The van der Waals surface area contributed by atoms with E-state index in [2.05, 4.69) is 31.2 Å². The van der Waals surface area contributed by atoms with E-state index < -0.39 is 5.97 Å². The first-order chi connectivity index (χ1) is 8.04. The molecule has 0 aliphatic rings. The molecule has 0 aliphatic carbocycles. The van der Waals surface area contributed by atoms with Gasteiger partial charge in [0.05, 0.1) is 0 Å². The van der Waals surface area contributed by atoms with E-state index in [0.29, 0.717) is 12.1 Å². The Hall–Kier alpha value is -1.77. The number of rotatable bonds is 5. The first kappa shape index (κ1) is 13.3. The van der Waals surface area contributed by atoms with Crippen molar-refractivity contribution < 1.29 is 9.90 Å². The normalized spacial score (nSPS) is 11.4. The zero-order valence-corrected chi connectivity index (χ0v) is 10.6. The highest BCUT2D eigenvalue weighted by molar-refractivity contribution is 5.85. The number of hydrogen-bond donors (Lipinski definition) is 1. The van der Waals surface area contributed by atoms with Crippen LogP contribution in [0.2, 0.25) is 0 Å². The van der Waals surface area contributed by atoms with Gasteiger partial charge in [0.25, 0.3) is 0 Å². The molecule has 1 N–H and O–H groups in total. The Morgan fingerprint density at radius 2 is 1.94 bits per heavy atom. The molecule has 0 amide bonds. The van der Waals surface area contributed by atoms with E-state index in [0.717, 1.165) is 12.1 Å². The molecule has 0 fully saturated rings. The number of carboxylic acids is 1. The summed E-state index contributed by atoms with van der Waals surface area (Å²) in [4.78, 5) is 12.7. The Morgan fingerprint density at radius 3 is 2.41 bits per heavy atom. The number of aryl methyl sites for hydroxylation is 1. The molecule has 0 aromatic heterocycles. The number of hydrogen-bond acceptors (Lipinski definition) is 2. The Kier molecular flexibility index (Phi) is 4.76. The second-order valence-electron chi connectivity index (χ2n) is 4.09. The molecule has 3 heteroatoms. The van der Waals surface area contributed by atoms with Crippen LogP contribution in [-0.4, -0.2) is 24.7 Å². The van der Waals surface area contributed by atoms with Crippen molar-refractivity contribution in [3.63, 3.8) is 0 Å². The minimum Gasteiger partial charge on any atom is -0.478 e. The van der Waals surface area contributed by atoms with Gasteiger partial charge in [0.15, 0.2) is 0 Å². The third-order valence-corrected chi connectivity index (χ3v) is 2.79. The minimum absolute atomic E-state index is 0.377. The number of aliphatic carboxylic acids is 1. The monoisotopic (exact) mass is 233 g/mol. The Balaban J connectivity index is 2.66. The van der Waals surface area contributed by atoms with E-state index in [1.807, 2.05) is 11.9 Å². The van der Waals surface area contributed by atoms with Crippen LogP contribution >= 0.6 is 0 Å². The summed E-state index contributed by atoms with van der Waals surface area (Å²) < 4.78 is 0. The van der Waals surface area contributed by atoms with Crippen LogP contribution in [0.1, 0.15) is 19.4 Å². The maximum atomic E-state index is 10.6. The van der Waals surface area contributed by atoms with E-state index in [-0.39, 0.29) is 0 Å². The molecule has 1 aromatic rings. The molecule has 0 heterocycles. The standard InChI is InChI=1S/C14H19NO2/c1-4-12-5-7-13(8-6-12)15(3)10-9-11(2)14(16)17/h5-9H,4,10H2,1-3H3,(H,16,17). The summed E-state index contributed by atoms with van der Waals surface area (Å²) in [7, 11) is 1.95. The van der Waals surface area contributed by atoms with Crippen molar-refractivity contribution in [1.82, 2.24) is 0 Å². The summed E-state index contributed by atoms with van der Waals surface area (Å²) in [6.07, 6.45) is 2.75. The van der Waals surface area contributed by atoms with Crippen LogP contribution in [0.15, 0.2) is 35.9 Å². The van der Waals surface area contributed by atoms with Crippen molar-refractivity contribution in [2.45, 2.75) is 20.3 Å². The maximum Gasteiger partial charge on any atom is 0.331 e. The lowest BCUT2D eigenvalue weighted by Crippen LogP contribution is -2.17. The zero-order valence-electron chi connectivity index (χ0n) is 10.6. The maximum absolute atomic E-state index is 10.6. The highest BCUT2D eigenvalue weighted by Gasteiger charge is 2.02. The van der Waals surface area contributed by atoms with Gasteiger partial charge in [-0.25, -0.2) is 4.79 Å². The Morgan fingerprint density at radius 1 is 1.35 bits per heavy atom. The molecule has 0 atom stereocenters. The molecule has 0 aliphatic heterocycles. The number of likely N-dealkylation sites (N-methyl/N-ethyl adjacent to an activating group) is 1. The Labute approximate surface area is 102 Å². The quantitative estimate of drug-likeness (QED) is 0.795. The summed E-state index contributed by atoms with van der Waals surface area (Å²) in [5, 5.41) is 8.75. The van der Waals surface area contributed by atoms with E-state index in [1.165, 1.54) is 5.56 Å². The zero-order chi connectivity index (χ0) is 12.8. The fraction of sp³-hybridized carbons (Fsp3) is 0.357. The van der Waals surface area contributed by atoms with Crippen molar-refractivity contribution >= 4 is 11.7 Å². The lowest BCUT2D eigenvalue weighted by molar-refractivity contribution is -0.132. The largest absolute Gasteiger partial charge is 0.478 e. The van der Waals surface area contributed by atoms with Crippen LogP contribution < -0.4 is 4.90 Å². The average Bonchev–Trinajstić information content (AvgIpc) is 2.35. The Bertz CT molecular complexity index is 407. The average molecular weight is 233 g/mol. The third kappa shape index (κ3) is 3.94. The highest BCUT2D eigenvalue weighted by Crippen LogP contribution is 2.14. The molecule has 0 unspecified atom stereocenters. The smallest absolute Gasteiger partial charge is 0.331 e. The number of nitrogens with zero attached hydrogens (tertiary/aromatic N) is 1. The van der Waals surface area contributed by atoms with Gasteiger partial charge >= 0.3 is 5.97 Å². The third-order valence-electron chi connectivity index (χ3n) is 2.79. The van der Waals surface area contributed by atoms with Crippen LogP contribution in [0.5, 0.6) is 0 Å². The van der Waals surface area contributed by atoms with E-state index in [1.54, 1.807) is 13.0 Å². The minimum atomic E-state index is -0.861. The second-order valence-corrected chi connectivity index (χ2v) is 4.09. The molecule has 1 aromatic carbocycles. The van der Waals surface area contributed by atoms with Gasteiger partial charge in [-0.1, -0.05) is 25.1 Å². The SMILES string of the molecule is CCc1ccc(N(C)CC=C(C)C(=O)O)cc1. The summed E-state index contributed by atoms with van der Waals surface area (Å²) in [5.74, 6) is -0.861. The van der Waals surface area contributed by atoms with Crippen LogP contribution in [0, 0.1) is 0 Å². The van der Waals surface area contributed by atoms with Gasteiger partial charge in [0.2, 0.25) is 0 Å². The first-order valence-electron chi connectivity index (χ1n) is 5.74. The van der Waals surface area contributed by atoms with Crippen LogP contribution in [0.3, 0.4) is 0 Å². The molecular formula is C14H19NO2. The molecule has 0 saturated carbocycles. The fourth-order valence-corrected chi connectivity index (χ4v) is 1.45. The molecule has 17 heavy (non-hydrogen) atoms. The summed E-state index contributed by atoms with van der Waals surface area (Å²) in [5.41, 5.74) is 2.78. The van der Waals surface area contributed by atoms with Crippen molar-refractivity contribution in [2.75, 3.05) is 18.5 Å². The lowest BCUT2D eigenvalue weighted by atomic mass is 10.1. The summed E-state index contributed by atoms with van der Waals surface area (Å²) >= 11 is 0. The fourth-order valence-electron chi connectivity index (χ4n) is 1.45. The molecule has 1 rings (SSSR count). The predicted octanol–water partition coefficient (Wildman–Crippen LogP) is 2.72. The number of carbonyl (C=O) groups is 1. The van der Waals surface area contributed by atoms with Gasteiger partial charge in [0.1, 0.15) is 0 Å². The number of benzene rings is 1. The predicted molar refractivity (Wildman–Crippen MR) is 70.5 cm³/mol. The first-order valence-corrected chi connectivity index (χ1v) is 5.74. The molecule has 0 saturated heterocycles. The van der Waals surface area contributed by atoms with Gasteiger partial charge in [0, 0.05) is 24.9 Å². The van der Waals surface area contributed by atoms with Gasteiger partial charge in [-0.3, -0.25) is 0 Å². The van der Waals surface area contributed by atoms with E-state index >= 15 is 0 Å². The van der Waals surface area contributed by atoms with Crippen LogP contribution in [0.25, 0.3) is 0 Å². The van der Waals surface area contributed by atoms with Crippen molar-refractivity contribution in [2.24, 2.45) is 0 Å². The highest BCUT2D eigenvalue weighted by atomic mass is 16.4. The molecular weight excluding hydrogens is 214 g/mol. The lowest BCUT2D eigenvalue weighted by Gasteiger charge is -2.17. The molecule has 92 valence electrons. The molecule has 3 nitrogen and oxygen atoms in total. The van der Waals surface area contributed by atoms with Gasteiger partial charge in [-0.15, -0.1) is 0 Å². The van der Waals surface area contributed by atoms with Crippen molar-refractivity contribution in [1.29, 1.82) is 0 Å². The van der Waals surface area contributed by atoms with Crippen LogP contribution in [0.4, 0.5) is 5.69 Å². The molecule has 0 bridgehead atoms. The second kappa shape index (κ2) is 6.09. The molecule has 0 spiro atoms. The number of anilines is 1. The van der Waals surface area contributed by atoms with E-state index in [9.17, 15) is 4.79 Å². The summed E-state index contributed by atoms with van der Waals surface area (Å²) in [6.45, 7) is 4.33. The number of carboxylic acid groups (broad SMARTS) is 1. The van der Waals surface area contributed by atoms with Crippen molar-refractivity contribution in [3.8, 4) is 0 Å². The van der Waals surface area contributed by atoms with Gasteiger partial charge in [-0.05, 0) is 31.0 Å².